The fraction of sp³-hybridized carbons (Fsp3) is 0.0526. The van der Waals surface area contributed by atoms with Gasteiger partial charge in [-0.15, -0.1) is 0 Å². The van der Waals surface area contributed by atoms with Gasteiger partial charge in [-0.1, -0.05) is 84.9 Å². The van der Waals surface area contributed by atoms with Crippen LogP contribution in [-0.4, -0.2) is 14.2 Å². The lowest BCUT2D eigenvalue weighted by molar-refractivity contribution is 0.414. The van der Waals surface area contributed by atoms with E-state index in [-0.39, 0.29) is 0 Å². The number of nitrogens with one attached hydrogen (secondary N) is 1. The molecule has 208 valence electrons. The van der Waals surface area contributed by atoms with Gasteiger partial charge in [0.05, 0.1) is 25.6 Å². The number of methoxy groups -OCH3 is 2. The van der Waals surface area contributed by atoms with Crippen molar-refractivity contribution in [3.63, 3.8) is 0 Å². The zero-order chi connectivity index (χ0) is 28.9. The predicted molar refractivity (Wildman–Crippen MR) is 175 cm³/mol. The maximum absolute atomic E-state index is 6.28. The van der Waals surface area contributed by atoms with E-state index in [1.807, 2.05) is 60.7 Å². The number of ether oxygens (including phenoxy) is 2. The molecule has 1 N–H and O–H groups in total. The van der Waals surface area contributed by atoms with E-state index >= 15 is 0 Å². The maximum atomic E-state index is 6.28. The van der Waals surface area contributed by atoms with Crippen LogP contribution in [-0.2, 0) is 0 Å². The first-order valence-electron chi connectivity index (χ1n) is 14.2. The number of benzene rings is 6. The van der Waals surface area contributed by atoms with Crippen LogP contribution in [0.4, 0.5) is 11.4 Å². The number of hydrogen-bond donors (Lipinski definition) is 1. The Hall–Kier alpha value is -5.68. The highest BCUT2D eigenvalue weighted by molar-refractivity contribution is 6.10. The second-order valence-electron chi connectivity index (χ2n) is 10.5. The lowest BCUT2D eigenvalue weighted by Gasteiger charge is -2.16. The summed E-state index contributed by atoms with van der Waals surface area (Å²) in [6.45, 7) is 0. The number of fused-ring (bicyclic) bond motifs is 6. The van der Waals surface area contributed by atoms with Gasteiger partial charge in [0.15, 0.2) is 0 Å². The van der Waals surface area contributed by atoms with Crippen molar-refractivity contribution in [3.05, 3.63) is 121 Å². The molecule has 5 heteroatoms. The number of hydrogen-bond acceptors (Lipinski definition) is 5. The van der Waals surface area contributed by atoms with E-state index in [2.05, 4.69) is 66.0 Å². The third-order valence-electron chi connectivity index (χ3n) is 8.10. The molecule has 6 aromatic carbocycles. The monoisotopic (exact) mass is 561 g/mol. The summed E-state index contributed by atoms with van der Waals surface area (Å²) in [6, 6.07) is 41.0. The van der Waals surface area contributed by atoms with Crippen molar-refractivity contribution in [2.24, 2.45) is 0 Å². The van der Waals surface area contributed by atoms with Crippen molar-refractivity contribution < 1.29 is 18.3 Å². The van der Waals surface area contributed by atoms with Gasteiger partial charge in [-0.3, -0.25) is 0 Å². The average Bonchev–Trinajstić information content (AvgIpc) is 3.64. The van der Waals surface area contributed by atoms with Crippen LogP contribution in [0.25, 0.3) is 66.1 Å². The fourth-order valence-corrected chi connectivity index (χ4v) is 6.02. The van der Waals surface area contributed by atoms with Gasteiger partial charge in [0, 0.05) is 32.7 Å². The van der Waals surface area contributed by atoms with Crippen molar-refractivity contribution in [2.45, 2.75) is 0 Å². The number of furan rings is 2. The van der Waals surface area contributed by atoms with Crippen LogP contribution in [0, 0.1) is 0 Å². The van der Waals surface area contributed by atoms with Crippen LogP contribution in [0.15, 0.2) is 130 Å². The van der Waals surface area contributed by atoms with E-state index in [1.54, 1.807) is 14.2 Å². The number of anilines is 2. The van der Waals surface area contributed by atoms with Crippen LogP contribution in [0.3, 0.4) is 0 Å². The minimum absolute atomic E-state index is 0.712. The Morgan fingerprint density at radius 2 is 0.907 bits per heavy atom. The summed E-state index contributed by atoms with van der Waals surface area (Å²) in [5.41, 5.74) is 9.18. The summed E-state index contributed by atoms with van der Waals surface area (Å²) >= 11 is 0. The molecule has 0 aliphatic heterocycles. The van der Waals surface area contributed by atoms with E-state index in [4.69, 9.17) is 18.3 Å². The third-order valence-corrected chi connectivity index (χ3v) is 8.10. The largest absolute Gasteiger partial charge is 0.495 e. The normalized spacial score (nSPS) is 11.5. The zero-order valence-electron chi connectivity index (χ0n) is 23.7. The Kier molecular flexibility index (Phi) is 5.83. The molecule has 0 atom stereocenters. The van der Waals surface area contributed by atoms with E-state index in [1.165, 1.54) is 0 Å². The van der Waals surface area contributed by atoms with Gasteiger partial charge in [0.1, 0.15) is 33.8 Å². The molecule has 0 fully saturated rings. The molecule has 2 aromatic heterocycles. The summed E-state index contributed by atoms with van der Waals surface area (Å²) in [6.07, 6.45) is 0. The minimum Gasteiger partial charge on any atom is -0.495 e. The number of para-hydroxylation sites is 4. The van der Waals surface area contributed by atoms with Crippen LogP contribution >= 0.6 is 0 Å². The maximum Gasteiger partial charge on any atom is 0.143 e. The molecular weight excluding hydrogens is 534 g/mol. The molecule has 0 saturated heterocycles. The summed E-state index contributed by atoms with van der Waals surface area (Å²) in [5, 5.41) is 7.93. The molecule has 0 saturated carbocycles. The molecule has 0 aliphatic rings. The van der Waals surface area contributed by atoms with Crippen LogP contribution < -0.4 is 14.8 Å². The average molecular weight is 562 g/mol. The topological polar surface area (TPSA) is 56.8 Å². The van der Waals surface area contributed by atoms with Crippen LogP contribution in [0.5, 0.6) is 11.5 Å². The van der Waals surface area contributed by atoms with Gasteiger partial charge < -0.3 is 23.6 Å². The molecule has 0 amide bonds. The lowest BCUT2D eigenvalue weighted by Crippen LogP contribution is -1.98. The Morgan fingerprint density at radius 1 is 0.465 bits per heavy atom. The smallest absolute Gasteiger partial charge is 0.143 e. The standard InChI is InChI=1S/C38H27NO4/c1-40-35-21-23(25-11-7-13-29-27-9-3-5-15-33(27)42-37(25)29)17-19-31(35)39-32-20-18-24(22-36(32)41-2)26-12-8-14-30-28-10-4-6-16-34(28)43-38(26)30/h3-22,39H,1-2H3. The molecule has 0 radical (unpaired) electrons. The molecule has 0 aliphatic carbocycles. The quantitative estimate of drug-likeness (QED) is 0.219. The van der Waals surface area contributed by atoms with Gasteiger partial charge >= 0.3 is 0 Å². The fourth-order valence-electron chi connectivity index (χ4n) is 6.02. The molecule has 0 bridgehead atoms. The van der Waals surface area contributed by atoms with Crippen molar-refractivity contribution in [2.75, 3.05) is 19.5 Å². The van der Waals surface area contributed by atoms with Gasteiger partial charge in [-0.25, -0.2) is 0 Å². The van der Waals surface area contributed by atoms with E-state index < -0.39 is 0 Å². The first-order chi connectivity index (χ1) is 21.2. The summed E-state index contributed by atoms with van der Waals surface area (Å²) in [5.74, 6) is 1.42. The van der Waals surface area contributed by atoms with Crippen molar-refractivity contribution >= 4 is 55.3 Å². The molecule has 8 aromatic rings. The van der Waals surface area contributed by atoms with Gasteiger partial charge in [-0.2, -0.15) is 0 Å². The van der Waals surface area contributed by atoms with Crippen molar-refractivity contribution in [1.29, 1.82) is 0 Å². The van der Waals surface area contributed by atoms with Crippen LogP contribution in [0.1, 0.15) is 0 Å². The van der Waals surface area contributed by atoms with Gasteiger partial charge in [0.2, 0.25) is 0 Å². The van der Waals surface area contributed by atoms with E-state index in [0.717, 1.165) is 77.5 Å². The van der Waals surface area contributed by atoms with Gasteiger partial charge in [-0.05, 0) is 47.5 Å². The van der Waals surface area contributed by atoms with E-state index in [9.17, 15) is 0 Å². The number of rotatable bonds is 6. The first-order valence-corrected chi connectivity index (χ1v) is 14.2. The molecular formula is C38H27NO4. The Balaban J connectivity index is 1.15. The minimum atomic E-state index is 0.712. The third kappa shape index (κ3) is 4.09. The SMILES string of the molecule is COc1cc(-c2cccc3c2oc2ccccc23)ccc1Nc1ccc(-c2cccc3c2oc2ccccc23)cc1OC. The highest BCUT2D eigenvalue weighted by atomic mass is 16.5. The highest BCUT2D eigenvalue weighted by Crippen LogP contribution is 2.42. The Morgan fingerprint density at radius 3 is 1.37 bits per heavy atom. The predicted octanol–water partition coefficient (Wildman–Crippen LogP) is 10.6. The van der Waals surface area contributed by atoms with Crippen LogP contribution in [0.2, 0.25) is 0 Å². The first kappa shape index (κ1) is 25.1. The Bertz CT molecular complexity index is 2150. The van der Waals surface area contributed by atoms with E-state index in [0.29, 0.717) is 11.5 Å². The molecule has 0 spiro atoms. The lowest BCUT2D eigenvalue weighted by atomic mass is 10.0. The van der Waals surface area contributed by atoms with Crippen molar-refractivity contribution in [1.82, 2.24) is 0 Å². The van der Waals surface area contributed by atoms with Crippen molar-refractivity contribution in [3.8, 4) is 33.8 Å². The molecule has 5 nitrogen and oxygen atoms in total. The second kappa shape index (κ2) is 10.00. The Labute approximate surface area is 247 Å². The molecule has 0 unspecified atom stereocenters. The molecule has 2 heterocycles. The summed E-state index contributed by atoms with van der Waals surface area (Å²) in [7, 11) is 3.36. The summed E-state index contributed by atoms with van der Waals surface area (Å²) in [4.78, 5) is 0. The molecule has 8 rings (SSSR count). The second-order valence-corrected chi connectivity index (χ2v) is 10.5. The summed E-state index contributed by atoms with van der Waals surface area (Å²) < 4.78 is 24.3. The zero-order valence-corrected chi connectivity index (χ0v) is 23.7. The van der Waals surface area contributed by atoms with Gasteiger partial charge in [0.25, 0.3) is 0 Å². The molecule has 43 heavy (non-hydrogen) atoms. The highest BCUT2D eigenvalue weighted by Gasteiger charge is 2.16.